The van der Waals surface area contributed by atoms with Crippen LogP contribution in [0.2, 0.25) is 0 Å². The Morgan fingerprint density at radius 2 is 1.82 bits per heavy atom. The van der Waals surface area contributed by atoms with Crippen molar-refractivity contribution in [3.63, 3.8) is 0 Å². The molecule has 28 heavy (non-hydrogen) atoms. The molecular weight excluding hydrogens is 356 g/mol. The Labute approximate surface area is 165 Å². The minimum atomic E-state index is -0.00861. The monoisotopic (exact) mass is 382 g/mol. The number of anilines is 1. The maximum absolute atomic E-state index is 12.4. The van der Waals surface area contributed by atoms with Crippen LogP contribution in [0, 0.1) is 6.92 Å². The Bertz CT molecular complexity index is 834. The molecule has 4 rings (SSSR count). The number of nitrogens with one attached hydrogen (secondary N) is 1. The van der Waals surface area contributed by atoms with Gasteiger partial charge in [-0.15, -0.1) is 0 Å². The maximum atomic E-state index is 12.4. The molecule has 0 saturated carbocycles. The number of rotatable bonds is 5. The van der Waals surface area contributed by atoms with Gasteiger partial charge in [-0.3, -0.25) is 19.6 Å². The first-order valence-corrected chi connectivity index (χ1v) is 9.72. The lowest BCUT2D eigenvalue weighted by Gasteiger charge is -2.34. The summed E-state index contributed by atoms with van der Waals surface area (Å²) in [6, 6.07) is 9.57. The summed E-state index contributed by atoms with van der Waals surface area (Å²) in [6.45, 7) is 8.08. The number of carbonyl (C=O) groups excluding carboxylic acids is 1. The summed E-state index contributed by atoms with van der Waals surface area (Å²) in [7, 11) is 0. The first kappa shape index (κ1) is 18.7. The van der Waals surface area contributed by atoms with Gasteiger partial charge in [0.2, 0.25) is 5.91 Å². The van der Waals surface area contributed by atoms with Crippen LogP contribution >= 0.6 is 0 Å². The smallest absolute Gasteiger partial charge is 0.238 e. The van der Waals surface area contributed by atoms with Crippen LogP contribution in [0.1, 0.15) is 11.3 Å². The van der Waals surface area contributed by atoms with Crippen molar-refractivity contribution < 1.29 is 14.3 Å². The molecule has 7 heteroatoms. The van der Waals surface area contributed by atoms with Crippen molar-refractivity contribution in [3.8, 4) is 11.5 Å². The van der Waals surface area contributed by atoms with Crippen molar-refractivity contribution in [2.75, 3.05) is 51.3 Å². The molecule has 1 aromatic heterocycles. The van der Waals surface area contributed by atoms with Gasteiger partial charge in [0.25, 0.3) is 0 Å². The van der Waals surface area contributed by atoms with Crippen molar-refractivity contribution in [2.45, 2.75) is 13.5 Å². The van der Waals surface area contributed by atoms with E-state index >= 15 is 0 Å². The molecule has 2 aliphatic heterocycles. The van der Waals surface area contributed by atoms with Gasteiger partial charge in [-0.1, -0.05) is 6.07 Å². The van der Waals surface area contributed by atoms with Crippen LogP contribution < -0.4 is 14.8 Å². The van der Waals surface area contributed by atoms with Crippen molar-refractivity contribution in [1.29, 1.82) is 0 Å². The zero-order valence-corrected chi connectivity index (χ0v) is 16.2. The van der Waals surface area contributed by atoms with Crippen molar-refractivity contribution in [2.24, 2.45) is 0 Å². The van der Waals surface area contributed by atoms with Crippen LogP contribution in [0.25, 0.3) is 0 Å². The average Bonchev–Trinajstić information content (AvgIpc) is 2.71. The molecule has 1 N–H and O–H groups in total. The fraction of sp³-hybridized carbons (Fsp3) is 0.429. The zero-order chi connectivity index (χ0) is 19.3. The highest BCUT2D eigenvalue weighted by Crippen LogP contribution is 2.32. The SMILES string of the molecule is Cc1cccnc1CN1CCN(CC(=O)Nc2ccc3c(c2)OCCO3)CC1. The molecule has 0 bridgehead atoms. The number of piperazine rings is 1. The number of aromatic nitrogens is 1. The number of amides is 1. The topological polar surface area (TPSA) is 66.9 Å². The number of ether oxygens (including phenoxy) is 2. The van der Waals surface area contributed by atoms with E-state index in [9.17, 15) is 4.79 Å². The predicted molar refractivity (Wildman–Crippen MR) is 107 cm³/mol. The van der Waals surface area contributed by atoms with Gasteiger partial charge in [0.05, 0.1) is 12.2 Å². The Hall–Kier alpha value is -2.64. The Kier molecular flexibility index (Phi) is 5.73. The minimum Gasteiger partial charge on any atom is -0.486 e. The first-order chi connectivity index (χ1) is 13.7. The molecule has 2 aromatic rings. The van der Waals surface area contributed by atoms with Crippen LogP contribution in [0.5, 0.6) is 11.5 Å². The first-order valence-electron chi connectivity index (χ1n) is 9.72. The van der Waals surface area contributed by atoms with E-state index in [1.807, 2.05) is 30.5 Å². The summed E-state index contributed by atoms with van der Waals surface area (Å²) in [5.74, 6) is 1.40. The van der Waals surface area contributed by atoms with Gasteiger partial charge in [-0.05, 0) is 30.7 Å². The van der Waals surface area contributed by atoms with E-state index in [0.29, 0.717) is 25.5 Å². The maximum Gasteiger partial charge on any atom is 0.238 e. The predicted octanol–water partition coefficient (Wildman–Crippen LogP) is 1.92. The average molecular weight is 382 g/mol. The molecule has 7 nitrogen and oxygen atoms in total. The Balaban J connectivity index is 1.24. The van der Waals surface area contributed by atoms with E-state index < -0.39 is 0 Å². The van der Waals surface area contributed by atoms with Gasteiger partial charge in [0.1, 0.15) is 13.2 Å². The Morgan fingerprint density at radius 3 is 2.61 bits per heavy atom. The number of benzene rings is 1. The molecule has 0 aliphatic carbocycles. The molecular formula is C21H26N4O3. The summed E-state index contributed by atoms with van der Waals surface area (Å²) >= 11 is 0. The van der Waals surface area contributed by atoms with Gasteiger partial charge < -0.3 is 14.8 Å². The lowest BCUT2D eigenvalue weighted by molar-refractivity contribution is -0.117. The van der Waals surface area contributed by atoms with Crippen LogP contribution in [0.4, 0.5) is 5.69 Å². The minimum absolute atomic E-state index is 0.00861. The van der Waals surface area contributed by atoms with Crippen molar-refractivity contribution in [3.05, 3.63) is 47.8 Å². The van der Waals surface area contributed by atoms with Gasteiger partial charge >= 0.3 is 0 Å². The van der Waals surface area contributed by atoms with Crippen molar-refractivity contribution in [1.82, 2.24) is 14.8 Å². The molecule has 148 valence electrons. The molecule has 1 saturated heterocycles. The molecule has 1 aromatic carbocycles. The summed E-state index contributed by atoms with van der Waals surface area (Å²) < 4.78 is 11.1. The summed E-state index contributed by atoms with van der Waals surface area (Å²) in [5.41, 5.74) is 3.09. The summed E-state index contributed by atoms with van der Waals surface area (Å²) in [6.07, 6.45) is 1.85. The third kappa shape index (κ3) is 4.61. The fourth-order valence-electron chi connectivity index (χ4n) is 3.53. The number of fused-ring (bicyclic) bond motifs is 1. The number of aryl methyl sites for hydroxylation is 1. The lowest BCUT2D eigenvalue weighted by atomic mass is 10.2. The highest BCUT2D eigenvalue weighted by Gasteiger charge is 2.20. The van der Waals surface area contributed by atoms with E-state index in [0.717, 1.165) is 49.9 Å². The molecule has 0 radical (unpaired) electrons. The van der Waals surface area contributed by atoms with Crippen molar-refractivity contribution >= 4 is 11.6 Å². The van der Waals surface area contributed by atoms with Gasteiger partial charge in [-0.2, -0.15) is 0 Å². The normalized spacial score (nSPS) is 17.3. The highest BCUT2D eigenvalue weighted by molar-refractivity contribution is 5.92. The second-order valence-corrected chi connectivity index (χ2v) is 7.23. The van der Waals surface area contributed by atoms with E-state index in [2.05, 4.69) is 33.1 Å². The highest BCUT2D eigenvalue weighted by atomic mass is 16.6. The number of hydrogen-bond acceptors (Lipinski definition) is 6. The second kappa shape index (κ2) is 8.58. The number of hydrogen-bond donors (Lipinski definition) is 1. The second-order valence-electron chi connectivity index (χ2n) is 7.23. The third-order valence-corrected chi connectivity index (χ3v) is 5.15. The standard InChI is InChI=1S/C21H26N4O3/c1-16-3-2-6-22-18(16)14-24-7-9-25(10-8-24)15-21(26)23-17-4-5-19-20(13-17)28-12-11-27-19/h2-6,13H,7-12,14-15H2,1H3,(H,23,26). The molecule has 0 atom stereocenters. The zero-order valence-electron chi connectivity index (χ0n) is 16.2. The van der Waals surface area contributed by atoms with Gasteiger partial charge in [-0.25, -0.2) is 0 Å². The van der Waals surface area contributed by atoms with Crippen LogP contribution in [0.15, 0.2) is 36.5 Å². The third-order valence-electron chi connectivity index (χ3n) is 5.15. The van der Waals surface area contributed by atoms with Crippen LogP contribution in [0.3, 0.4) is 0 Å². The molecule has 3 heterocycles. The van der Waals surface area contributed by atoms with E-state index in [1.54, 1.807) is 0 Å². The molecule has 1 fully saturated rings. The van der Waals surface area contributed by atoms with E-state index in [-0.39, 0.29) is 5.91 Å². The molecule has 0 unspecified atom stereocenters. The van der Waals surface area contributed by atoms with Crippen LogP contribution in [-0.2, 0) is 11.3 Å². The Morgan fingerprint density at radius 1 is 1.07 bits per heavy atom. The quantitative estimate of drug-likeness (QED) is 0.852. The fourth-order valence-corrected chi connectivity index (χ4v) is 3.53. The summed E-state index contributed by atoms with van der Waals surface area (Å²) in [5, 5.41) is 2.96. The molecule has 0 spiro atoms. The lowest BCUT2D eigenvalue weighted by Crippen LogP contribution is -2.48. The van der Waals surface area contributed by atoms with Gasteiger partial charge in [0, 0.05) is 50.7 Å². The van der Waals surface area contributed by atoms with E-state index in [4.69, 9.17) is 9.47 Å². The van der Waals surface area contributed by atoms with Crippen LogP contribution in [-0.4, -0.2) is 66.6 Å². The number of carbonyl (C=O) groups is 1. The molecule has 1 amide bonds. The van der Waals surface area contributed by atoms with Gasteiger partial charge in [0.15, 0.2) is 11.5 Å². The largest absolute Gasteiger partial charge is 0.486 e. The number of nitrogens with zero attached hydrogens (tertiary/aromatic N) is 3. The molecule has 2 aliphatic rings. The summed E-state index contributed by atoms with van der Waals surface area (Å²) in [4.78, 5) is 21.5. The van der Waals surface area contributed by atoms with E-state index in [1.165, 1.54) is 5.56 Å². The number of pyridine rings is 1.